The number of rotatable bonds is 5. The average Bonchev–Trinajstić information content (AvgIpc) is 2.12. The van der Waals surface area contributed by atoms with Crippen LogP contribution in [0.25, 0.3) is 0 Å². The predicted molar refractivity (Wildman–Crippen MR) is 37.2 cm³/mol. The second-order valence-electron chi connectivity index (χ2n) is 2.36. The highest BCUT2D eigenvalue weighted by Gasteiger charge is 2.29. The van der Waals surface area contributed by atoms with Crippen LogP contribution in [-0.2, 0) is 4.79 Å². The van der Waals surface area contributed by atoms with Crippen molar-refractivity contribution in [2.75, 3.05) is 6.61 Å². The van der Waals surface area contributed by atoms with Gasteiger partial charge in [-0.3, -0.25) is 0 Å². The fourth-order valence-electron chi connectivity index (χ4n) is 0.618. The zero-order valence-electron chi connectivity index (χ0n) is 6.24. The maximum Gasteiger partial charge on any atom is 0.151 e. The normalized spacial score (nSPS) is 21.1. The van der Waals surface area contributed by atoms with E-state index in [2.05, 4.69) is 0 Å². The summed E-state index contributed by atoms with van der Waals surface area (Å²) < 4.78 is 0. The van der Waals surface area contributed by atoms with Crippen molar-refractivity contribution >= 4 is 6.29 Å². The molecule has 0 heterocycles. The molecule has 0 radical (unpaired) electrons. The predicted octanol–water partition coefficient (Wildman–Crippen LogP) is -3.38. The Morgan fingerprint density at radius 1 is 1.08 bits per heavy atom. The smallest absolute Gasteiger partial charge is 0.151 e. The van der Waals surface area contributed by atoms with Crippen LogP contribution in [0.15, 0.2) is 0 Å². The number of aldehydes is 1. The van der Waals surface area contributed by atoms with E-state index in [0.29, 0.717) is 0 Å². The van der Waals surface area contributed by atoms with E-state index in [9.17, 15) is 4.79 Å². The van der Waals surface area contributed by atoms with Crippen LogP contribution in [0.1, 0.15) is 0 Å². The molecule has 0 aromatic heterocycles. The van der Waals surface area contributed by atoms with Gasteiger partial charge in [-0.05, 0) is 0 Å². The summed E-state index contributed by atoms with van der Waals surface area (Å²) in [6.45, 7) is -0.760. The van der Waals surface area contributed by atoms with Crippen molar-refractivity contribution in [3.05, 3.63) is 0 Å². The first-order valence-electron chi connectivity index (χ1n) is 3.33. The quantitative estimate of drug-likeness (QED) is 0.223. The molecule has 0 unspecified atom stereocenters. The van der Waals surface area contributed by atoms with Crippen molar-refractivity contribution in [1.29, 1.82) is 0 Å². The molecule has 0 bridgehead atoms. The molecule has 0 aliphatic rings. The number of aliphatic hydroxyl groups excluding tert-OH is 5. The zero-order valence-corrected chi connectivity index (χ0v) is 6.24. The SMILES string of the molecule is O=C[C@H](O)[C@@H](O)[C@@H](O)[C@H](O)[13CH2]O. The lowest BCUT2D eigenvalue weighted by molar-refractivity contribution is -0.136. The molecule has 0 saturated heterocycles. The van der Waals surface area contributed by atoms with E-state index in [4.69, 9.17) is 25.5 Å². The van der Waals surface area contributed by atoms with Crippen molar-refractivity contribution in [3.8, 4) is 0 Å². The van der Waals surface area contributed by atoms with Gasteiger partial charge < -0.3 is 30.3 Å². The van der Waals surface area contributed by atoms with Gasteiger partial charge in [0.1, 0.15) is 24.4 Å². The molecule has 6 heteroatoms. The van der Waals surface area contributed by atoms with Gasteiger partial charge in [0.05, 0.1) is 6.61 Å². The molecule has 0 fully saturated rings. The molecule has 0 saturated carbocycles. The lowest BCUT2D eigenvalue weighted by Gasteiger charge is -2.22. The van der Waals surface area contributed by atoms with Crippen molar-refractivity contribution < 1.29 is 30.3 Å². The van der Waals surface area contributed by atoms with Gasteiger partial charge in [-0.1, -0.05) is 0 Å². The zero-order chi connectivity index (χ0) is 9.72. The summed E-state index contributed by atoms with van der Waals surface area (Å²) in [5.41, 5.74) is 0. The molecule has 0 rings (SSSR count). The number of aliphatic hydroxyl groups is 5. The minimum atomic E-state index is -1.79. The van der Waals surface area contributed by atoms with Gasteiger partial charge in [-0.25, -0.2) is 0 Å². The molecule has 4 atom stereocenters. The summed E-state index contributed by atoms with van der Waals surface area (Å²) in [4.78, 5) is 9.90. The third-order valence-electron chi connectivity index (χ3n) is 1.42. The van der Waals surface area contributed by atoms with Crippen molar-refractivity contribution in [3.63, 3.8) is 0 Å². The molecule has 6 nitrogen and oxygen atoms in total. The largest absolute Gasteiger partial charge is 0.394 e. The van der Waals surface area contributed by atoms with E-state index in [0.717, 1.165) is 0 Å². The second-order valence-corrected chi connectivity index (χ2v) is 2.36. The summed E-state index contributed by atoms with van der Waals surface area (Å²) in [7, 11) is 0. The second kappa shape index (κ2) is 5.18. The maximum absolute atomic E-state index is 9.90. The van der Waals surface area contributed by atoms with Crippen molar-refractivity contribution in [2.45, 2.75) is 24.4 Å². The van der Waals surface area contributed by atoms with Crippen LogP contribution in [-0.4, -0.2) is 62.8 Å². The third-order valence-corrected chi connectivity index (χ3v) is 1.42. The first kappa shape index (κ1) is 11.5. The maximum atomic E-state index is 9.90. The summed E-state index contributed by atoms with van der Waals surface area (Å²) in [5, 5.41) is 43.5. The Labute approximate surface area is 68.7 Å². The van der Waals surface area contributed by atoms with Crippen LogP contribution in [0.3, 0.4) is 0 Å². The highest BCUT2D eigenvalue weighted by atomic mass is 16.4. The third kappa shape index (κ3) is 2.84. The summed E-state index contributed by atoms with van der Waals surface area (Å²) in [6.07, 6.45) is -6.84. The average molecular weight is 181 g/mol. The Hall–Kier alpha value is -0.530. The molecule has 0 aliphatic carbocycles. The monoisotopic (exact) mass is 181 g/mol. The van der Waals surface area contributed by atoms with Crippen LogP contribution >= 0.6 is 0 Å². The highest BCUT2D eigenvalue weighted by Crippen LogP contribution is 2.02. The first-order valence-corrected chi connectivity index (χ1v) is 3.33. The van der Waals surface area contributed by atoms with Crippen molar-refractivity contribution in [1.82, 2.24) is 0 Å². The van der Waals surface area contributed by atoms with Gasteiger partial charge in [0.25, 0.3) is 0 Å². The van der Waals surface area contributed by atoms with E-state index in [1.165, 1.54) is 0 Å². The molecular formula is C6H12O6. The van der Waals surface area contributed by atoms with Crippen LogP contribution < -0.4 is 0 Å². The Morgan fingerprint density at radius 2 is 1.58 bits per heavy atom. The van der Waals surface area contributed by atoms with Gasteiger partial charge in [0.15, 0.2) is 6.29 Å². The molecule has 0 aromatic carbocycles. The van der Waals surface area contributed by atoms with Crippen LogP contribution in [0, 0.1) is 0 Å². The van der Waals surface area contributed by atoms with Gasteiger partial charge in [-0.2, -0.15) is 0 Å². The van der Waals surface area contributed by atoms with E-state index >= 15 is 0 Å². The fourth-order valence-corrected chi connectivity index (χ4v) is 0.618. The van der Waals surface area contributed by atoms with E-state index < -0.39 is 31.0 Å². The Bertz CT molecular complexity index is 138. The standard InChI is InChI=1S/C6H12O6/c7-1-3(9)5(11)6(12)4(10)2-8/h1,3-6,8-12H,2H2/t3-,4+,5+,6-/m0/s1/i2+1. The molecule has 12 heavy (non-hydrogen) atoms. The van der Waals surface area contributed by atoms with Crippen LogP contribution in [0.2, 0.25) is 0 Å². The van der Waals surface area contributed by atoms with Gasteiger partial charge in [0.2, 0.25) is 0 Å². The van der Waals surface area contributed by atoms with Gasteiger partial charge >= 0.3 is 0 Å². The molecular weight excluding hydrogens is 169 g/mol. The lowest BCUT2D eigenvalue weighted by Crippen LogP contribution is -2.46. The Morgan fingerprint density at radius 3 is 1.92 bits per heavy atom. The minimum absolute atomic E-state index is 0.0258. The Kier molecular flexibility index (Phi) is 4.95. The van der Waals surface area contributed by atoms with E-state index in [-0.39, 0.29) is 6.29 Å². The highest BCUT2D eigenvalue weighted by molar-refractivity contribution is 5.56. The molecule has 0 amide bonds. The number of hydrogen-bond donors (Lipinski definition) is 5. The minimum Gasteiger partial charge on any atom is -0.394 e. The van der Waals surface area contributed by atoms with Gasteiger partial charge in [-0.15, -0.1) is 0 Å². The number of hydrogen-bond acceptors (Lipinski definition) is 6. The molecule has 72 valence electrons. The fraction of sp³-hybridized carbons (Fsp3) is 0.833. The molecule has 0 aromatic rings. The topological polar surface area (TPSA) is 118 Å². The number of carbonyl (C=O) groups excluding carboxylic acids is 1. The number of carbonyl (C=O) groups is 1. The Balaban J connectivity index is 4.07. The molecule has 0 spiro atoms. The van der Waals surface area contributed by atoms with E-state index in [1.54, 1.807) is 0 Å². The molecule has 5 N–H and O–H groups in total. The summed E-state index contributed by atoms with van der Waals surface area (Å²) >= 11 is 0. The van der Waals surface area contributed by atoms with Gasteiger partial charge in [0, 0.05) is 0 Å². The summed E-state index contributed by atoms with van der Waals surface area (Å²) in [6, 6.07) is 0. The van der Waals surface area contributed by atoms with Crippen molar-refractivity contribution in [2.24, 2.45) is 0 Å². The molecule has 0 aliphatic heterocycles. The van der Waals surface area contributed by atoms with Crippen LogP contribution in [0.4, 0.5) is 0 Å². The first-order chi connectivity index (χ1) is 5.54. The van der Waals surface area contributed by atoms with E-state index in [1.807, 2.05) is 0 Å². The lowest BCUT2D eigenvalue weighted by atomic mass is 10.1. The van der Waals surface area contributed by atoms with Crippen LogP contribution in [0.5, 0.6) is 0 Å². The summed E-state index contributed by atoms with van der Waals surface area (Å²) in [5.74, 6) is 0.